The Bertz CT molecular complexity index is 277. The molecule has 0 saturated heterocycles. The standard InChI is InChI=1S/2CH3O5P.Ca/c2*2-1(3)7(4,5)6;/h2*(H,2,3)(H2,4,5,6);/q;;+2/p-2. The average molecular weight is 290 g/mol. The van der Waals surface area contributed by atoms with E-state index < -0.39 is 26.6 Å². The van der Waals surface area contributed by atoms with E-state index in [4.69, 9.17) is 39.4 Å². The fourth-order valence-electron chi connectivity index (χ4n) is 0. The largest absolute Gasteiger partial charge is 2.00 e. The Labute approximate surface area is 112 Å². The van der Waals surface area contributed by atoms with E-state index >= 15 is 0 Å². The van der Waals surface area contributed by atoms with Gasteiger partial charge in [-0.3, -0.25) is 9.13 Å². The molecule has 0 aromatic heterocycles. The molecule has 0 aromatic carbocycles. The molecule has 84 valence electrons. The smallest absolute Gasteiger partial charge is 0.538 e. The Morgan fingerprint density at radius 2 is 0.867 bits per heavy atom. The maximum Gasteiger partial charge on any atom is 2.00 e. The van der Waals surface area contributed by atoms with E-state index in [1.54, 1.807) is 0 Å². The van der Waals surface area contributed by atoms with Crippen molar-refractivity contribution >= 4 is 64.4 Å². The molecule has 0 bridgehead atoms. The van der Waals surface area contributed by atoms with Gasteiger partial charge in [0, 0.05) is 0 Å². The molecule has 0 aromatic rings. The Morgan fingerprint density at radius 1 is 0.800 bits per heavy atom. The average Bonchev–Trinajstić information content (AvgIpc) is 1.83. The summed E-state index contributed by atoms with van der Waals surface area (Å²) in [4.78, 5) is 48.5. The van der Waals surface area contributed by atoms with Gasteiger partial charge in [-0.15, -0.1) is 0 Å². The number of carbonyl (C=O) groups excluding carboxylic acids is 2. The van der Waals surface area contributed by atoms with E-state index in [9.17, 15) is 9.13 Å². The molecule has 0 aliphatic carbocycles. The molecule has 0 unspecified atom stereocenters. The van der Waals surface area contributed by atoms with Crippen molar-refractivity contribution in [1.29, 1.82) is 0 Å². The molecule has 0 atom stereocenters. The molecule has 0 amide bonds. The van der Waals surface area contributed by atoms with Crippen LogP contribution in [-0.2, 0) is 9.13 Å². The SMILES string of the molecule is O=C([O-])P(=O)(O)O.O=C([O-])P(=O)(O)O.[Ca+2]. The maximum atomic E-state index is 9.36. The Kier molecular flexibility index (Phi) is 10.7. The Hall–Kier alpha value is 0.500. The molecule has 0 rings (SSSR count). The quantitative estimate of drug-likeness (QED) is 0.294. The van der Waals surface area contributed by atoms with Gasteiger partial charge in [0.15, 0.2) is 11.4 Å². The predicted octanol–water partition coefficient (Wildman–Crippen LogP) is -3.37. The molecule has 0 heterocycles. The molecule has 0 spiro atoms. The van der Waals surface area contributed by atoms with Crippen LogP contribution in [0.25, 0.3) is 0 Å². The van der Waals surface area contributed by atoms with E-state index in [1.165, 1.54) is 0 Å². The molecule has 0 radical (unpaired) electrons. The van der Waals surface area contributed by atoms with E-state index in [0.717, 1.165) is 0 Å². The number of hydrogen-bond acceptors (Lipinski definition) is 6. The van der Waals surface area contributed by atoms with Crippen molar-refractivity contribution in [2.45, 2.75) is 0 Å². The normalized spacial score (nSPS) is 10.4. The second-order valence-corrected chi connectivity index (χ2v) is 4.53. The van der Waals surface area contributed by atoms with E-state index in [-0.39, 0.29) is 37.7 Å². The number of rotatable bonds is 2. The van der Waals surface area contributed by atoms with Crippen LogP contribution >= 0.6 is 15.2 Å². The Morgan fingerprint density at radius 3 is 0.867 bits per heavy atom. The molecule has 0 fully saturated rings. The minimum atomic E-state index is -4.93. The van der Waals surface area contributed by atoms with Crippen molar-refractivity contribution < 1.29 is 48.5 Å². The summed E-state index contributed by atoms with van der Waals surface area (Å²) in [6, 6.07) is 0. The molecule has 0 aliphatic rings. The summed E-state index contributed by atoms with van der Waals surface area (Å²) in [5, 5.41) is 18.3. The summed E-state index contributed by atoms with van der Waals surface area (Å²) in [5.41, 5.74) is -4.68. The van der Waals surface area contributed by atoms with E-state index in [0.29, 0.717) is 0 Å². The van der Waals surface area contributed by atoms with Gasteiger partial charge in [-0.25, -0.2) is 0 Å². The van der Waals surface area contributed by atoms with Crippen molar-refractivity contribution in [3.8, 4) is 0 Å². The van der Waals surface area contributed by atoms with Gasteiger partial charge in [0.25, 0.3) is 0 Å². The van der Waals surface area contributed by atoms with Crippen LogP contribution in [0, 0.1) is 0 Å². The molecule has 0 aliphatic heterocycles. The molecule has 4 N–H and O–H groups in total. The van der Waals surface area contributed by atoms with Crippen LogP contribution in [0.2, 0.25) is 0 Å². The third-order valence-electron chi connectivity index (χ3n) is 0.476. The van der Waals surface area contributed by atoms with Crippen LogP contribution in [0.4, 0.5) is 9.59 Å². The molecular formula is C2H4CaO10P2. The first-order valence-corrected chi connectivity index (χ1v) is 5.65. The zero-order valence-corrected chi connectivity index (χ0v) is 10.8. The summed E-state index contributed by atoms with van der Waals surface area (Å²) >= 11 is 0. The van der Waals surface area contributed by atoms with Crippen LogP contribution in [-0.4, -0.2) is 68.7 Å². The summed E-state index contributed by atoms with van der Waals surface area (Å²) in [5.74, 6) is 0. The van der Waals surface area contributed by atoms with Gasteiger partial charge in [-0.05, 0) is 0 Å². The predicted molar refractivity (Wildman–Crippen MR) is 40.6 cm³/mol. The third kappa shape index (κ3) is 14.5. The monoisotopic (exact) mass is 290 g/mol. The minimum Gasteiger partial charge on any atom is -0.538 e. The fourth-order valence-corrected chi connectivity index (χ4v) is 0. The summed E-state index contributed by atoms with van der Waals surface area (Å²) in [6.07, 6.45) is 0. The number of hydrogen-bond donors (Lipinski definition) is 4. The van der Waals surface area contributed by atoms with Gasteiger partial charge in [0.1, 0.15) is 0 Å². The van der Waals surface area contributed by atoms with Crippen LogP contribution in [0.1, 0.15) is 0 Å². The van der Waals surface area contributed by atoms with Gasteiger partial charge in [0.2, 0.25) is 0 Å². The first kappa shape index (κ1) is 20.9. The van der Waals surface area contributed by atoms with Crippen molar-refractivity contribution in [2.75, 3.05) is 0 Å². The second kappa shape index (κ2) is 7.72. The maximum absolute atomic E-state index is 9.36. The van der Waals surface area contributed by atoms with Crippen LogP contribution in [0.3, 0.4) is 0 Å². The number of carbonyl (C=O) groups is 2. The number of carboxylic acid groups (broad SMARTS) is 2. The molecular weight excluding hydrogens is 286 g/mol. The van der Waals surface area contributed by atoms with Crippen molar-refractivity contribution in [3.63, 3.8) is 0 Å². The first-order valence-electron chi connectivity index (χ1n) is 2.43. The van der Waals surface area contributed by atoms with Crippen LogP contribution in [0.5, 0.6) is 0 Å². The van der Waals surface area contributed by atoms with Gasteiger partial charge in [0.05, 0.1) is 0 Å². The van der Waals surface area contributed by atoms with Gasteiger partial charge < -0.3 is 39.4 Å². The minimum absolute atomic E-state index is 0. The third-order valence-corrected chi connectivity index (χ3v) is 1.43. The second-order valence-electron chi connectivity index (χ2n) is 1.62. The first-order chi connectivity index (χ1) is 5.89. The van der Waals surface area contributed by atoms with Crippen molar-refractivity contribution in [2.24, 2.45) is 0 Å². The van der Waals surface area contributed by atoms with Crippen molar-refractivity contribution in [3.05, 3.63) is 0 Å². The van der Waals surface area contributed by atoms with E-state index in [2.05, 4.69) is 0 Å². The summed E-state index contributed by atoms with van der Waals surface area (Å²) in [7, 11) is -9.86. The van der Waals surface area contributed by atoms with Gasteiger partial charge >= 0.3 is 52.9 Å². The van der Waals surface area contributed by atoms with Crippen LogP contribution < -0.4 is 10.2 Å². The molecule has 0 saturated carbocycles. The zero-order valence-electron chi connectivity index (χ0n) is 6.84. The topological polar surface area (TPSA) is 195 Å². The van der Waals surface area contributed by atoms with E-state index in [1.807, 2.05) is 0 Å². The van der Waals surface area contributed by atoms with Gasteiger partial charge in [-0.1, -0.05) is 0 Å². The summed E-state index contributed by atoms with van der Waals surface area (Å²) < 4.78 is 18.7. The zero-order chi connectivity index (χ0) is 12.2. The fraction of sp³-hybridized carbons (Fsp3) is 0. The van der Waals surface area contributed by atoms with Crippen LogP contribution in [0.15, 0.2) is 0 Å². The molecule has 13 heteroatoms. The summed E-state index contributed by atoms with van der Waals surface area (Å²) in [6.45, 7) is 0. The molecule has 15 heavy (non-hydrogen) atoms. The van der Waals surface area contributed by atoms with Gasteiger partial charge in [-0.2, -0.15) is 0 Å². The molecule has 10 nitrogen and oxygen atoms in total. The van der Waals surface area contributed by atoms with Crippen molar-refractivity contribution in [1.82, 2.24) is 0 Å². The Balaban J connectivity index is -0.000000180.